The fourth-order valence-corrected chi connectivity index (χ4v) is 2.36. The second-order valence-electron chi connectivity index (χ2n) is 2.70. The summed E-state index contributed by atoms with van der Waals surface area (Å²) < 4.78 is 45.5. The zero-order valence-corrected chi connectivity index (χ0v) is 7.13. The van der Waals surface area contributed by atoms with Gasteiger partial charge in [0.25, 0.3) is 5.92 Å². The van der Waals surface area contributed by atoms with E-state index in [-0.39, 0.29) is 12.8 Å². The second kappa shape index (κ2) is 2.55. The van der Waals surface area contributed by atoms with E-state index in [1.165, 1.54) is 0 Å². The zero-order chi connectivity index (χ0) is 8.70. The van der Waals surface area contributed by atoms with Crippen molar-refractivity contribution in [1.29, 1.82) is 0 Å². The van der Waals surface area contributed by atoms with Crippen LogP contribution in [0.5, 0.6) is 0 Å². The van der Waals surface area contributed by atoms with Gasteiger partial charge in [0.1, 0.15) is 0 Å². The van der Waals surface area contributed by atoms with Gasteiger partial charge in [-0.15, -0.1) is 0 Å². The third-order valence-electron chi connectivity index (χ3n) is 1.82. The summed E-state index contributed by atoms with van der Waals surface area (Å²) in [6.07, 6.45) is 0.0308. The number of rotatable bonds is 2. The first-order valence-corrected chi connectivity index (χ1v) is 5.59. The quantitative estimate of drug-likeness (QED) is 0.641. The summed E-state index contributed by atoms with van der Waals surface area (Å²) in [6.45, 7) is 0. The van der Waals surface area contributed by atoms with Crippen molar-refractivity contribution in [2.24, 2.45) is 5.92 Å². The minimum Gasteiger partial charge on any atom is -0.212 e. The minimum absolute atomic E-state index is 0.218. The van der Waals surface area contributed by atoms with Crippen molar-refractivity contribution in [2.45, 2.75) is 18.8 Å². The second-order valence-corrected chi connectivity index (χ2v) is 5.52. The molecule has 0 bridgehead atoms. The first kappa shape index (κ1) is 9.19. The smallest absolute Gasteiger partial charge is 0.212 e. The van der Waals surface area contributed by atoms with Crippen molar-refractivity contribution in [3.63, 3.8) is 0 Å². The Bertz CT molecular complexity index is 249. The van der Waals surface area contributed by atoms with Crippen molar-refractivity contribution in [2.75, 3.05) is 5.75 Å². The van der Waals surface area contributed by atoms with Gasteiger partial charge in [-0.25, -0.2) is 17.2 Å². The number of alkyl halides is 2. The molecule has 1 atom stereocenters. The molecule has 66 valence electrons. The molecule has 11 heavy (non-hydrogen) atoms. The highest BCUT2D eigenvalue weighted by molar-refractivity contribution is 8.13. The van der Waals surface area contributed by atoms with Crippen LogP contribution in [0.4, 0.5) is 8.78 Å². The standard InChI is InChI=1S/C5H7ClF2O2S/c6-11(9,10)3-4-1-2-5(4,7)8/h4H,1-3H2/t4-/m0/s1. The number of halogens is 3. The Morgan fingerprint density at radius 1 is 1.55 bits per heavy atom. The molecule has 0 saturated heterocycles. The Morgan fingerprint density at radius 3 is 2.18 bits per heavy atom. The first-order valence-electron chi connectivity index (χ1n) is 3.11. The van der Waals surface area contributed by atoms with Crippen molar-refractivity contribution < 1.29 is 17.2 Å². The van der Waals surface area contributed by atoms with Crippen LogP contribution in [0.1, 0.15) is 12.8 Å². The third kappa shape index (κ3) is 2.27. The van der Waals surface area contributed by atoms with Gasteiger partial charge in [-0.3, -0.25) is 0 Å². The van der Waals surface area contributed by atoms with Crippen molar-refractivity contribution >= 4 is 19.7 Å². The van der Waals surface area contributed by atoms with Crippen LogP contribution in [-0.2, 0) is 9.05 Å². The van der Waals surface area contributed by atoms with Gasteiger partial charge < -0.3 is 0 Å². The molecule has 0 radical (unpaired) electrons. The van der Waals surface area contributed by atoms with Crippen LogP contribution in [0.25, 0.3) is 0 Å². The van der Waals surface area contributed by atoms with Gasteiger partial charge in [-0.1, -0.05) is 0 Å². The number of hydrogen-bond acceptors (Lipinski definition) is 2. The third-order valence-corrected chi connectivity index (χ3v) is 3.00. The highest BCUT2D eigenvalue weighted by Gasteiger charge is 2.49. The van der Waals surface area contributed by atoms with Crippen LogP contribution in [0.15, 0.2) is 0 Å². The lowest BCUT2D eigenvalue weighted by atomic mass is 9.82. The molecular weight excluding hydrogens is 198 g/mol. The molecule has 0 unspecified atom stereocenters. The minimum atomic E-state index is -3.76. The lowest BCUT2D eigenvalue weighted by Crippen LogP contribution is -2.42. The van der Waals surface area contributed by atoms with Crippen molar-refractivity contribution in [1.82, 2.24) is 0 Å². The molecule has 0 heterocycles. The SMILES string of the molecule is O=S(=O)(Cl)C[C@@H]1CCC1(F)F. The van der Waals surface area contributed by atoms with E-state index in [0.29, 0.717) is 0 Å². The lowest BCUT2D eigenvalue weighted by molar-refractivity contribution is -0.122. The van der Waals surface area contributed by atoms with Crippen LogP contribution in [0, 0.1) is 5.92 Å². The maximum Gasteiger partial charge on any atom is 0.251 e. The Hall–Kier alpha value is 0.1000. The molecule has 6 heteroatoms. The van der Waals surface area contributed by atoms with Crippen LogP contribution < -0.4 is 0 Å². The van der Waals surface area contributed by atoms with Gasteiger partial charge in [-0.2, -0.15) is 0 Å². The Morgan fingerprint density at radius 2 is 2.09 bits per heavy atom. The molecule has 0 aromatic rings. The molecule has 0 aromatic heterocycles. The van der Waals surface area contributed by atoms with E-state index in [0.717, 1.165) is 0 Å². The van der Waals surface area contributed by atoms with Gasteiger partial charge in [0.15, 0.2) is 0 Å². The lowest BCUT2D eigenvalue weighted by Gasteiger charge is -2.35. The Balaban J connectivity index is 2.53. The maximum atomic E-state index is 12.4. The summed E-state index contributed by atoms with van der Waals surface area (Å²) in [5.74, 6) is -4.49. The summed E-state index contributed by atoms with van der Waals surface area (Å²) in [5.41, 5.74) is 0. The van der Waals surface area contributed by atoms with Gasteiger partial charge >= 0.3 is 0 Å². The summed E-state index contributed by atoms with van der Waals surface area (Å²) >= 11 is 0. The van der Waals surface area contributed by atoms with E-state index in [9.17, 15) is 17.2 Å². The molecule has 2 nitrogen and oxygen atoms in total. The molecule has 1 saturated carbocycles. The summed E-state index contributed by atoms with van der Waals surface area (Å²) in [4.78, 5) is 0. The summed E-state index contributed by atoms with van der Waals surface area (Å²) in [5, 5.41) is 0. The molecule has 1 rings (SSSR count). The van der Waals surface area contributed by atoms with E-state index >= 15 is 0 Å². The van der Waals surface area contributed by atoms with Crippen LogP contribution in [0.3, 0.4) is 0 Å². The highest BCUT2D eigenvalue weighted by Crippen LogP contribution is 2.44. The monoisotopic (exact) mass is 204 g/mol. The van der Waals surface area contributed by atoms with Crippen LogP contribution in [-0.4, -0.2) is 20.1 Å². The molecule has 0 N–H and O–H groups in total. The van der Waals surface area contributed by atoms with E-state index < -0.39 is 26.6 Å². The molecule has 1 fully saturated rings. The fraction of sp³-hybridized carbons (Fsp3) is 1.00. The van der Waals surface area contributed by atoms with Crippen molar-refractivity contribution in [3.05, 3.63) is 0 Å². The average molecular weight is 205 g/mol. The Kier molecular flexibility index (Phi) is 2.13. The van der Waals surface area contributed by atoms with E-state index in [4.69, 9.17) is 10.7 Å². The van der Waals surface area contributed by atoms with Crippen LogP contribution >= 0.6 is 10.7 Å². The van der Waals surface area contributed by atoms with Crippen molar-refractivity contribution in [3.8, 4) is 0 Å². The molecule has 1 aliphatic rings. The topological polar surface area (TPSA) is 34.1 Å². The maximum absolute atomic E-state index is 12.4. The van der Waals surface area contributed by atoms with E-state index in [1.54, 1.807) is 0 Å². The van der Waals surface area contributed by atoms with Crippen LogP contribution in [0.2, 0.25) is 0 Å². The largest absolute Gasteiger partial charge is 0.251 e. The van der Waals surface area contributed by atoms with Gasteiger partial charge in [0.2, 0.25) is 9.05 Å². The van der Waals surface area contributed by atoms with Gasteiger partial charge in [-0.05, 0) is 6.42 Å². The molecular formula is C5H7ClF2O2S. The summed E-state index contributed by atoms with van der Waals surface area (Å²) in [7, 11) is 1.04. The average Bonchev–Trinajstić information content (AvgIpc) is 1.79. The molecule has 0 aliphatic heterocycles. The zero-order valence-electron chi connectivity index (χ0n) is 5.56. The predicted octanol–water partition coefficient (Wildman–Crippen LogP) is 1.60. The first-order chi connectivity index (χ1) is 4.81. The number of hydrogen-bond donors (Lipinski definition) is 0. The fourth-order valence-electron chi connectivity index (χ4n) is 1.01. The van der Waals surface area contributed by atoms with Gasteiger partial charge in [0.05, 0.1) is 5.75 Å². The Labute approximate surface area is 68.0 Å². The molecule has 1 aliphatic carbocycles. The molecule has 0 aromatic carbocycles. The van der Waals surface area contributed by atoms with Gasteiger partial charge in [0, 0.05) is 23.0 Å². The highest BCUT2D eigenvalue weighted by atomic mass is 35.7. The molecule has 0 amide bonds. The summed E-state index contributed by atoms with van der Waals surface area (Å²) in [6, 6.07) is 0. The molecule has 0 spiro atoms. The van der Waals surface area contributed by atoms with E-state index in [2.05, 4.69) is 0 Å². The normalized spacial score (nSPS) is 29.5. The van der Waals surface area contributed by atoms with E-state index in [1.807, 2.05) is 0 Å². The predicted molar refractivity (Wildman–Crippen MR) is 37.3 cm³/mol.